The molecule has 1 aliphatic rings. The van der Waals surface area contributed by atoms with Gasteiger partial charge in [-0.25, -0.2) is 4.98 Å². The van der Waals surface area contributed by atoms with Crippen molar-refractivity contribution in [2.24, 2.45) is 0 Å². The first-order valence-electron chi connectivity index (χ1n) is 5.33. The van der Waals surface area contributed by atoms with Crippen molar-refractivity contribution in [2.75, 3.05) is 36.9 Å². The van der Waals surface area contributed by atoms with E-state index < -0.39 is 0 Å². The van der Waals surface area contributed by atoms with Crippen molar-refractivity contribution in [1.82, 2.24) is 4.98 Å². The minimum Gasteiger partial charge on any atom is -0.383 e. The van der Waals surface area contributed by atoms with Gasteiger partial charge in [0.05, 0.1) is 13.2 Å². The van der Waals surface area contributed by atoms with E-state index >= 15 is 0 Å². The quantitative estimate of drug-likeness (QED) is 0.740. The fourth-order valence-electron chi connectivity index (χ4n) is 1.72. The third-order valence-electron chi connectivity index (χ3n) is 2.64. The molecular formula is C11H15N3O2. The highest BCUT2D eigenvalue weighted by molar-refractivity contribution is 5.61. The smallest absolute Gasteiger partial charge is 0.131 e. The number of morpholine rings is 1. The summed E-state index contributed by atoms with van der Waals surface area (Å²) in [5.41, 5.74) is 6.57. The van der Waals surface area contributed by atoms with Crippen LogP contribution in [0.3, 0.4) is 0 Å². The molecule has 5 nitrogen and oxygen atoms in total. The number of anilines is 2. The zero-order valence-electron chi connectivity index (χ0n) is 9.06. The molecule has 5 heteroatoms. The lowest BCUT2D eigenvalue weighted by molar-refractivity contribution is -0.107. The second-order valence-electron chi connectivity index (χ2n) is 3.68. The van der Waals surface area contributed by atoms with Crippen molar-refractivity contribution in [2.45, 2.75) is 6.42 Å². The Kier molecular flexibility index (Phi) is 3.36. The Bertz CT molecular complexity index is 375. The van der Waals surface area contributed by atoms with E-state index in [0.717, 1.165) is 44.0 Å². The van der Waals surface area contributed by atoms with Gasteiger partial charge in [0.25, 0.3) is 0 Å². The second kappa shape index (κ2) is 4.94. The number of carbonyl (C=O) groups excluding carboxylic acids is 1. The number of ether oxygens (including phenoxy) is 1. The van der Waals surface area contributed by atoms with Gasteiger partial charge in [-0.2, -0.15) is 0 Å². The molecule has 1 fully saturated rings. The molecule has 0 saturated carbocycles. The lowest BCUT2D eigenvalue weighted by Gasteiger charge is -2.28. The first-order chi connectivity index (χ1) is 7.81. The van der Waals surface area contributed by atoms with Gasteiger partial charge in [-0.1, -0.05) is 6.07 Å². The second-order valence-corrected chi connectivity index (χ2v) is 3.68. The predicted octanol–water partition coefficient (Wildman–Crippen LogP) is 0.242. The zero-order chi connectivity index (χ0) is 11.4. The van der Waals surface area contributed by atoms with Crippen molar-refractivity contribution in [3.8, 4) is 0 Å². The summed E-state index contributed by atoms with van der Waals surface area (Å²) in [7, 11) is 0. The molecule has 16 heavy (non-hydrogen) atoms. The molecule has 1 aromatic rings. The number of nitrogens with zero attached hydrogens (tertiary/aromatic N) is 2. The normalized spacial score (nSPS) is 16.1. The number of pyridine rings is 1. The van der Waals surface area contributed by atoms with Gasteiger partial charge in [0.2, 0.25) is 0 Å². The summed E-state index contributed by atoms with van der Waals surface area (Å²) < 4.78 is 5.27. The van der Waals surface area contributed by atoms with E-state index in [2.05, 4.69) is 9.88 Å². The fraction of sp³-hybridized carbons (Fsp3) is 0.455. The van der Waals surface area contributed by atoms with Gasteiger partial charge in [0, 0.05) is 25.1 Å². The summed E-state index contributed by atoms with van der Waals surface area (Å²) in [6.45, 7) is 3.11. The van der Waals surface area contributed by atoms with Gasteiger partial charge in [0.15, 0.2) is 0 Å². The first-order valence-corrected chi connectivity index (χ1v) is 5.33. The first kappa shape index (κ1) is 10.9. The fourth-order valence-corrected chi connectivity index (χ4v) is 1.72. The summed E-state index contributed by atoms with van der Waals surface area (Å²) >= 11 is 0. The van der Waals surface area contributed by atoms with E-state index in [-0.39, 0.29) is 0 Å². The molecule has 86 valence electrons. The van der Waals surface area contributed by atoms with Gasteiger partial charge in [-0.3, -0.25) is 0 Å². The van der Waals surface area contributed by atoms with E-state index in [1.54, 1.807) is 0 Å². The van der Waals surface area contributed by atoms with Gasteiger partial charge in [-0.05, 0) is 6.07 Å². The highest BCUT2D eigenvalue weighted by atomic mass is 16.5. The summed E-state index contributed by atoms with van der Waals surface area (Å²) in [4.78, 5) is 16.8. The molecule has 0 aliphatic carbocycles. The zero-order valence-corrected chi connectivity index (χ0v) is 9.06. The van der Waals surface area contributed by atoms with Crippen LogP contribution in [0, 0.1) is 0 Å². The van der Waals surface area contributed by atoms with Crippen LogP contribution in [0.4, 0.5) is 11.6 Å². The van der Waals surface area contributed by atoms with Crippen LogP contribution < -0.4 is 10.6 Å². The van der Waals surface area contributed by atoms with Crippen LogP contribution in [-0.4, -0.2) is 37.6 Å². The highest BCUT2D eigenvalue weighted by Crippen LogP contribution is 2.17. The SMILES string of the molecule is Nc1nc(N2CCOCC2)ccc1CC=O. The molecule has 1 saturated heterocycles. The maximum atomic E-state index is 10.4. The lowest BCUT2D eigenvalue weighted by Crippen LogP contribution is -2.36. The predicted molar refractivity (Wildman–Crippen MR) is 61.4 cm³/mol. The van der Waals surface area contributed by atoms with Crippen LogP contribution in [0.2, 0.25) is 0 Å². The van der Waals surface area contributed by atoms with Crippen molar-refractivity contribution in [3.05, 3.63) is 17.7 Å². The Morgan fingerprint density at radius 1 is 1.44 bits per heavy atom. The number of nitrogens with two attached hydrogens (primary N) is 1. The molecule has 0 unspecified atom stereocenters. The number of hydrogen-bond acceptors (Lipinski definition) is 5. The summed E-state index contributed by atoms with van der Waals surface area (Å²) in [6, 6.07) is 3.77. The Balaban J connectivity index is 2.16. The molecule has 2 heterocycles. The van der Waals surface area contributed by atoms with Crippen LogP contribution in [-0.2, 0) is 16.0 Å². The van der Waals surface area contributed by atoms with Crippen LogP contribution in [0.25, 0.3) is 0 Å². The van der Waals surface area contributed by atoms with Crippen molar-refractivity contribution < 1.29 is 9.53 Å². The average molecular weight is 221 g/mol. The molecule has 2 N–H and O–H groups in total. The number of aldehydes is 1. The average Bonchev–Trinajstić information content (AvgIpc) is 2.33. The standard InChI is InChI=1S/C11H15N3O2/c12-11-9(3-6-15)1-2-10(13-11)14-4-7-16-8-5-14/h1-2,6H,3-5,7-8H2,(H2,12,13). The van der Waals surface area contributed by atoms with Crippen LogP contribution >= 0.6 is 0 Å². The van der Waals surface area contributed by atoms with Crippen LogP contribution in [0.15, 0.2) is 12.1 Å². The minimum absolute atomic E-state index is 0.322. The Labute approximate surface area is 94.2 Å². The van der Waals surface area contributed by atoms with Gasteiger partial charge >= 0.3 is 0 Å². The number of hydrogen-bond donors (Lipinski definition) is 1. The maximum Gasteiger partial charge on any atom is 0.131 e. The van der Waals surface area contributed by atoms with E-state index in [0.29, 0.717) is 12.2 Å². The van der Waals surface area contributed by atoms with E-state index in [9.17, 15) is 4.79 Å². The third-order valence-corrected chi connectivity index (χ3v) is 2.64. The molecule has 0 aromatic carbocycles. The molecule has 2 rings (SSSR count). The Morgan fingerprint density at radius 2 is 2.19 bits per heavy atom. The van der Waals surface area contributed by atoms with E-state index in [4.69, 9.17) is 10.5 Å². The lowest BCUT2D eigenvalue weighted by atomic mass is 10.2. The molecule has 0 bridgehead atoms. The van der Waals surface area contributed by atoms with Gasteiger partial charge in [0.1, 0.15) is 17.9 Å². The van der Waals surface area contributed by atoms with Crippen molar-refractivity contribution >= 4 is 17.9 Å². The molecular weight excluding hydrogens is 206 g/mol. The van der Waals surface area contributed by atoms with Gasteiger partial charge in [-0.15, -0.1) is 0 Å². The third kappa shape index (κ3) is 2.30. The Morgan fingerprint density at radius 3 is 2.81 bits per heavy atom. The Hall–Kier alpha value is -1.62. The topological polar surface area (TPSA) is 68.4 Å². The molecule has 1 aromatic heterocycles. The molecule has 0 amide bonds. The molecule has 1 aliphatic heterocycles. The van der Waals surface area contributed by atoms with Crippen molar-refractivity contribution in [3.63, 3.8) is 0 Å². The molecule has 0 radical (unpaired) electrons. The maximum absolute atomic E-state index is 10.4. The number of rotatable bonds is 3. The number of nitrogen functional groups attached to an aromatic ring is 1. The summed E-state index contributed by atoms with van der Waals surface area (Å²) in [5, 5.41) is 0. The molecule has 0 spiro atoms. The van der Waals surface area contributed by atoms with E-state index in [1.165, 1.54) is 0 Å². The van der Waals surface area contributed by atoms with Crippen molar-refractivity contribution in [1.29, 1.82) is 0 Å². The monoisotopic (exact) mass is 221 g/mol. The number of carbonyl (C=O) groups is 1. The van der Waals surface area contributed by atoms with Gasteiger partial charge < -0.3 is 20.2 Å². The highest BCUT2D eigenvalue weighted by Gasteiger charge is 2.13. The van der Waals surface area contributed by atoms with Crippen LogP contribution in [0.5, 0.6) is 0 Å². The molecule has 0 atom stereocenters. The summed E-state index contributed by atoms with van der Waals surface area (Å²) in [6.07, 6.45) is 1.16. The largest absolute Gasteiger partial charge is 0.383 e. The van der Waals surface area contributed by atoms with Crippen LogP contribution in [0.1, 0.15) is 5.56 Å². The summed E-state index contributed by atoms with van der Waals surface area (Å²) in [5.74, 6) is 1.30. The van der Waals surface area contributed by atoms with E-state index in [1.807, 2.05) is 12.1 Å². The minimum atomic E-state index is 0.322. The number of aromatic nitrogens is 1.